The van der Waals surface area contributed by atoms with E-state index in [1.807, 2.05) is 30.3 Å². The number of carbonyl (C=O) groups is 1. The summed E-state index contributed by atoms with van der Waals surface area (Å²) in [5, 5.41) is 7.90. The minimum absolute atomic E-state index is 0.00979. The maximum atomic E-state index is 11.8. The van der Waals surface area contributed by atoms with E-state index in [2.05, 4.69) is 15.4 Å². The molecule has 6 heteroatoms. The predicted octanol–water partition coefficient (Wildman–Crippen LogP) is 2.12. The molecule has 1 amide bonds. The molecule has 0 saturated heterocycles. The molecule has 0 unspecified atom stereocenters. The van der Waals surface area contributed by atoms with Gasteiger partial charge in [0.1, 0.15) is 24.0 Å². The lowest BCUT2D eigenvalue weighted by Crippen LogP contribution is -2.22. The molecule has 0 spiro atoms. The summed E-state index contributed by atoms with van der Waals surface area (Å²) >= 11 is 0. The summed E-state index contributed by atoms with van der Waals surface area (Å²) in [6, 6.07) is 9.74. The van der Waals surface area contributed by atoms with Gasteiger partial charge in [0.05, 0.1) is 6.54 Å². The molecule has 0 radical (unpaired) electrons. The molecule has 6 nitrogen and oxygen atoms in total. The highest BCUT2D eigenvalue weighted by Gasteiger charge is 2.06. The fourth-order valence-corrected chi connectivity index (χ4v) is 2.15. The molecule has 21 heavy (non-hydrogen) atoms. The Morgan fingerprint density at radius 3 is 3.05 bits per heavy atom. The van der Waals surface area contributed by atoms with Crippen molar-refractivity contribution in [2.24, 2.45) is 0 Å². The van der Waals surface area contributed by atoms with Gasteiger partial charge in [0.15, 0.2) is 0 Å². The van der Waals surface area contributed by atoms with Gasteiger partial charge < -0.3 is 9.73 Å². The van der Waals surface area contributed by atoms with Crippen LogP contribution in [0.25, 0.3) is 11.0 Å². The molecule has 0 aliphatic rings. The van der Waals surface area contributed by atoms with E-state index in [1.54, 1.807) is 11.0 Å². The van der Waals surface area contributed by atoms with Crippen molar-refractivity contribution in [3.05, 3.63) is 48.7 Å². The quantitative estimate of drug-likeness (QED) is 0.752. The van der Waals surface area contributed by atoms with Crippen molar-refractivity contribution < 1.29 is 9.21 Å². The van der Waals surface area contributed by atoms with Gasteiger partial charge in [-0.2, -0.15) is 5.10 Å². The molecule has 0 aliphatic carbocycles. The Morgan fingerprint density at radius 2 is 2.24 bits per heavy atom. The van der Waals surface area contributed by atoms with Gasteiger partial charge in [0, 0.05) is 18.4 Å². The zero-order valence-electron chi connectivity index (χ0n) is 11.5. The maximum Gasteiger partial charge on any atom is 0.220 e. The second kappa shape index (κ2) is 6.21. The molecule has 0 aliphatic heterocycles. The number of rotatable bonds is 6. The Hall–Kier alpha value is -2.63. The first-order chi connectivity index (χ1) is 10.3. The Kier molecular flexibility index (Phi) is 3.95. The van der Waals surface area contributed by atoms with Crippen molar-refractivity contribution in [2.45, 2.75) is 25.9 Å². The van der Waals surface area contributed by atoms with E-state index in [4.69, 9.17) is 4.42 Å². The average molecular weight is 284 g/mol. The number of carbonyl (C=O) groups excluding carboxylic acids is 1. The normalized spacial score (nSPS) is 10.9. The Morgan fingerprint density at radius 1 is 1.33 bits per heavy atom. The first-order valence-electron chi connectivity index (χ1n) is 6.88. The van der Waals surface area contributed by atoms with Crippen molar-refractivity contribution in [3.8, 4) is 0 Å². The number of fused-ring (bicyclic) bond motifs is 1. The van der Waals surface area contributed by atoms with E-state index in [0.29, 0.717) is 19.5 Å². The van der Waals surface area contributed by atoms with E-state index in [1.165, 1.54) is 6.33 Å². The summed E-state index contributed by atoms with van der Waals surface area (Å²) in [5.41, 5.74) is 0.841. The molecule has 2 heterocycles. The van der Waals surface area contributed by atoms with Gasteiger partial charge in [0.2, 0.25) is 5.91 Å². The number of para-hydroxylation sites is 1. The highest BCUT2D eigenvalue weighted by molar-refractivity contribution is 5.78. The van der Waals surface area contributed by atoms with Crippen LogP contribution in [0.15, 0.2) is 47.4 Å². The van der Waals surface area contributed by atoms with Crippen LogP contribution in [-0.2, 0) is 17.9 Å². The molecule has 1 N–H and O–H groups in total. The van der Waals surface area contributed by atoms with Crippen LogP contribution in [0.1, 0.15) is 18.6 Å². The Bertz CT molecular complexity index is 685. The summed E-state index contributed by atoms with van der Waals surface area (Å²) in [6.07, 6.45) is 4.32. The summed E-state index contributed by atoms with van der Waals surface area (Å²) in [7, 11) is 0. The number of hydrogen-bond donors (Lipinski definition) is 1. The standard InChI is InChI=1S/C15H16N4O2/c20-15(6-3-7-19-11-16-10-18-19)17-9-13-8-12-4-1-2-5-14(12)21-13/h1-2,4-5,8,10-11H,3,6-7,9H2,(H,17,20). The Balaban J connectivity index is 1.44. The van der Waals surface area contributed by atoms with Crippen LogP contribution in [0.4, 0.5) is 0 Å². The number of furan rings is 1. The third-order valence-electron chi connectivity index (χ3n) is 3.19. The lowest BCUT2D eigenvalue weighted by Gasteiger charge is -2.03. The number of hydrogen-bond acceptors (Lipinski definition) is 4. The van der Waals surface area contributed by atoms with Gasteiger partial charge in [-0.1, -0.05) is 18.2 Å². The molecule has 0 fully saturated rings. The average Bonchev–Trinajstić information content (AvgIpc) is 3.13. The zero-order chi connectivity index (χ0) is 14.5. The lowest BCUT2D eigenvalue weighted by molar-refractivity contribution is -0.121. The third kappa shape index (κ3) is 3.47. The molecule has 3 aromatic rings. The SMILES string of the molecule is O=C(CCCn1cncn1)NCc1cc2ccccc2o1. The Labute approximate surface area is 121 Å². The zero-order valence-corrected chi connectivity index (χ0v) is 11.5. The molecular formula is C15H16N4O2. The number of nitrogens with zero attached hydrogens (tertiary/aromatic N) is 3. The fourth-order valence-electron chi connectivity index (χ4n) is 2.15. The first kappa shape index (κ1) is 13.4. The van der Waals surface area contributed by atoms with Crippen LogP contribution < -0.4 is 5.32 Å². The number of amides is 1. The maximum absolute atomic E-state index is 11.8. The van der Waals surface area contributed by atoms with E-state index in [-0.39, 0.29) is 5.91 Å². The number of aryl methyl sites for hydroxylation is 1. The molecule has 108 valence electrons. The number of aromatic nitrogens is 3. The molecule has 0 atom stereocenters. The monoisotopic (exact) mass is 284 g/mol. The predicted molar refractivity (Wildman–Crippen MR) is 77.3 cm³/mol. The fraction of sp³-hybridized carbons (Fsp3) is 0.267. The van der Waals surface area contributed by atoms with E-state index in [0.717, 1.165) is 23.2 Å². The van der Waals surface area contributed by atoms with Gasteiger partial charge in [-0.15, -0.1) is 0 Å². The molecular weight excluding hydrogens is 268 g/mol. The molecule has 0 saturated carbocycles. The lowest BCUT2D eigenvalue weighted by atomic mass is 10.2. The van der Waals surface area contributed by atoms with Crippen LogP contribution in [0, 0.1) is 0 Å². The smallest absolute Gasteiger partial charge is 0.220 e. The van der Waals surface area contributed by atoms with E-state index >= 15 is 0 Å². The summed E-state index contributed by atoms with van der Waals surface area (Å²) in [4.78, 5) is 15.6. The summed E-state index contributed by atoms with van der Waals surface area (Å²) in [6.45, 7) is 1.11. The van der Waals surface area contributed by atoms with Crippen LogP contribution >= 0.6 is 0 Å². The van der Waals surface area contributed by atoms with Gasteiger partial charge in [0.25, 0.3) is 0 Å². The van der Waals surface area contributed by atoms with Gasteiger partial charge in [-0.05, 0) is 18.6 Å². The topological polar surface area (TPSA) is 73.0 Å². The van der Waals surface area contributed by atoms with Gasteiger partial charge >= 0.3 is 0 Å². The van der Waals surface area contributed by atoms with E-state index in [9.17, 15) is 4.79 Å². The highest BCUT2D eigenvalue weighted by atomic mass is 16.3. The van der Waals surface area contributed by atoms with Crippen molar-refractivity contribution >= 4 is 16.9 Å². The van der Waals surface area contributed by atoms with Crippen molar-refractivity contribution in [1.29, 1.82) is 0 Å². The number of benzene rings is 1. The first-order valence-corrected chi connectivity index (χ1v) is 6.88. The molecule has 0 bridgehead atoms. The van der Waals surface area contributed by atoms with Crippen LogP contribution in [0.3, 0.4) is 0 Å². The van der Waals surface area contributed by atoms with E-state index < -0.39 is 0 Å². The summed E-state index contributed by atoms with van der Waals surface area (Å²) in [5.74, 6) is 0.774. The molecule has 3 rings (SSSR count). The highest BCUT2D eigenvalue weighted by Crippen LogP contribution is 2.18. The van der Waals surface area contributed by atoms with Crippen LogP contribution in [0.5, 0.6) is 0 Å². The molecule has 2 aromatic heterocycles. The minimum Gasteiger partial charge on any atom is -0.459 e. The van der Waals surface area contributed by atoms with Gasteiger partial charge in [-0.25, -0.2) is 4.98 Å². The van der Waals surface area contributed by atoms with Crippen molar-refractivity contribution in [1.82, 2.24) is 20.1 Å². The second-order valence-corrected chi connectivity index (χ2v) is 4.79. The van der Waals surface area contributed by atoms with Crippen molar-refractivity contribution in [3.63, 3.8) is 0 Å². The number of nitrogens with one attached hydrogen (secondary N) is 1. The second-order valence-electron chi connectivity index (χ2n) is 4.79. The van der Waals surface area contributed by atoms with Crippen LogP contribution in [-0.4, -0.2) is 20.7 Å². The summed E-state index contributed by atoms with van der Waals surface area (Å²) < 4.78 is 7.36. The minimum atomic E-state index is 0.00979. The van der Waals surface area contributed by atoms with Gasteiger partial charge in [-0.3, -0.25) is 9.48 Å². The van der Waals surface area contributed by atoms with Crippen molar-refractivity contribution in [2.75, 3.05) is 0 Å². The van der Waals surface area contributed by atoms with Crippen LogP contribution in [0.2, 0.25) is 0 Å². The molecule has 1 aromatic carbocycles. The third-order valence-corrected chi connectivity index (χ3v) is 3.19. The largest absolute Gasteiger partial charge is 0.459 e.